The third kappa shape index (κ3) is 3.30. The van der Waals surface area contributed by atoms with E-state index in [1.54, 1.807) is 19.1 Å². The minimum Gasteiger partial charge on any atom is -0.465 e. The number of ketones is 1. The van der Waals surface area contributed by atoms with Crippen molar-refractivity contribution in [1.82, 2.24) is 0 Å². The van der Waals surface area contributed by atoms with Crippen molar-refractivity contribution in [2.75, 3.05) is 6.61 Å². The van der Waals surface area contributed by atoms with Crippen molar-refractivity contribution in [2.45, 2.75) is 26.7 Å². The monoisotopic (exact) mass is 254 g/mol. The molecule has 92 valence electrons. The lowest BCUT2D eigenvalue weighted by molar-refractivity contribution is -0.147. The molecule has 0 N–H and O–H groups in total. The molecule has 0 saturated carbocycles. The van der Waals surface area contributed by atoms with E-state index in [0.29, 0.717) is 10.6 Å². The van der Waals surface area contributed by atoms with Crippen molar-refractivity contribution < 1.29 is 14.3 Å². The largest absolute Gasteiger partial charge is 0.465 e. The summed E-state index contributed by atoms with van der Waals surface area (Å²) in [6.07, 6.45) is 0. The van der Waals surface area contributed by atoms with Crippen molar-refractivity contribution in [3.63, 3.8) is 0 Å². The van der Waals surface area contributed by atoms with Crippen molar-refractivity contribution in [3.05, 3.63) is 34.3 Å². The van der Waals surface area contributed by atoms with Crippen LogP contribution in [0, 0.1) is 6.92 Å². The average molecular weight is 255 g/mol. The lowest BCUT2D eigenvalue weighted by atomic mass is 9.94. The van der Waals surface area contributed by atoms with Gasteiger partial charge in [-0.3, -0.25) is 9.59 Å². The third-order valence-corrected chi connectivity index (χ3v) is 2.72. The Bertz CT molecular complexity index is 440. The van der Waals surface area contributed by atoms with Gasteiger partial charge in [0.15, 0.2) is 0 Å². The lowest BCUT2D eigenvalue weighted by Gasteiger charge is -2.14. The van der Waals surface area contributed by atoms with Gasteiger partial charge in [0.25, 0.3) is 0 Å². The number of rotatable bonds is 4. The zero-order valence-electron chi connectivity index (χ0n) is 10.1. The van der Waals surface area contributed by atoms with Crippen LogP contribution in [0.3, 0.4) is 0 Å². The van der Waals surface area contributed by atoms with Crippen LogP contribution in [0.25, 0.3) is 0 Å². The Morgan fingerprint density at radius 3 is 2.53 bits per heavy atom. The number of Topliss-reactive ketones (excluding diaryl/α,β-unsaturated/α-hetero) is 1. The third-order valence-electron chi connectivity index (χ3n) is 2.40. The molecular weight excluding hydrogens is 240 g/mol. The Morgan fingerprint density at radius 2 is 2.06 bits per heavy atom. The molecule has 1 rings (SSSR count). The summed E-state index contributed by atoms with van der Waals surface area (Å²) in [5, 5.41) is 0.415. The summed E-state index contributed by atoms with van der Waals surface area (Å²) >= 11 is 6.05. The first kappa shape index (κ1) is 13.7. The van der Waals surface area contributed by atoms with E-state index >= 15 is 0 Å². The molecule has 0 amide bonds. The molecular formula is C13H15ClO3. The van der Waals surface area contributed by atoms with Crippen LogP contribution in [-0.4, -0.2) is 18.4 Å². The Balaban J connectivity index is 3.14. The van der Waals surface area contributed by atoms with Gasteiger partial charge in [0, 0.05) is 5.02 Å². The lowest BCUT2D eigenvalue weighted by Crippen LogP contribution is -2.22. The molecule has 0 radical (unpaired) electrons. The molecule has 1 atom stereocenters. The van der Waals surface area contributed by atoms with Crippen LogP contribution in [0.15, 0.2) is 18.2 Å². The number of hydrogen-bond donors (Lipinski definition) is 0. The number of aryl methyl sites for hydroxylation is 1. The van der Waals surface area contributed by atoms with Crippen molar-refractivity contribution >= 4 is 23.4 Å². The van der Waals surface area contributed by atoms with Gasteiger partial charge in [-0.15, -0.1) is 0 Å². The summed E-state index contributed by atoms with van der Waals surface area (Å²) in [4.78, 5) is 23.3. The van der Waals surface area contributed by atoms with Gasteiger partial charge in [-0.05, 0) is 38.0 Å². The zero-order chi connectivity index (χ0) is 13.0. The first-order valence-corrected chi connectivity index (χ1v) is 5.78. The number of hydrogen-bond acceptors (Lipinski definition) is 3. The van der Waals surface area contributed by atoms with Crippen LogP contribution >= 0.6 is 11.6 Å². The molecule has 0 heterocycles. The highest BCUT2D eigenvalue weighted by atomic mass is 35.5. The van der Waals surface area contributed by atoms with Gasteiger partial charge in [0.05, 0.1) is 6.61 Å². The minimum absolute atomic E-state index is 0.242. The van der Waals surface area contributed by atoms with Crippen molar-refractivity contribution in [1.29, 1.82) is 0 Å². The van der Waals surface area contributed by atoms with Gasteiger partial charge in [-0.2, -0.15) is 0 Å². The van der Waals surface area contributed by atoms with Crippen LogP contribution in [0.4, 0.5) is 0 Å². The normalized spacial score (nSPS) is 12.0. The molecule has 1 unspecified atom stereocenters. The fraction of sp³-hybridized carbons (Fsp3) is 0.385. The van der Waals surface area contributed by atoms with E-state index in [1.807, 2.05) is 13.0 Å². The summed E-state index contributed by atoms with van der Waals surface area (Å²) in [6, 6.07) is 5.24. The highest BCUT2D eigenvalue weighted by molar-refractivity contribution is 6.32. The summed E-state index contributed by atoms with van der Waals surface area (Å²) < 4.78 is 4.89. The van der Waals surface area contributed by atoms with Gasteiger partial charge >= 0.3 is 5.97 Å². The maximum atomic E-state index is 11.7. The van der Waals surface area contributed by atoms with E-state index in [4.69, 9.17) is 16.3 Å². The molecule has 0 saturated heterocycles. The summed E-state index contributed by atoms with van der Waals surface area (Å²) in [5.74, 6) is -1.75. The van der Waals surface area contributed by atoms with Crippen LogP contribution in [0.2, 0.25) is 5.02 Å². The Labute approximate surface area is 106 Å². The molecule has 0 spiro atoms. The second kappa shape index (κ2) is 5.82. The molecule has 1 aromatic rings. The van der Waals surface area contributed by atoms with Crippen LogP contribution in [0.5, 0.6) is 0 Å². The molecule has 3 nitrogen and oxygen atoms in total. The van der Waals surface area contributed by atoms with E-state index < -0.39 is 11.9 Å². The number of carbonyl (C=O) groups excluding carboxylic acids is 2. The molecule has 0 bridgehead atoms. The molecule has 0 aliphatic carbocycles. The first-order valence-electron chi connectivity index (χ1n) is 5.40. The second-order valence-electron chi connectivity index (χ2n) is 3.82. The van der Waals surface area contributed by atoms with Crippen LogP contribution in [-0.2, 0) is 14.3 Å². The van der Waals surface area contributed by atoms with Crippen LogP contribution < -0.4 is 0 Å². The zero-order valence-corrected chi connectivity index (χ0v) is 10.9. The van der Waals surface area contributed by atoms with Gasteiger partial charge in [0.2, 0.25) is 0 Å². The van der Waals surface area contributed by atoms with Gasteiger partial charge in [0.1, 0.15) is 11.7 Å². The van der Waals surface area contributed by atoms with E-state index in [2.05, 4.69) is 0 Å². The highest BCUT2D eigenvalue weighted by Gasteiger charge is 2.28. The fourth-order valence-electron chi connectivity index (χ4n) is 1.60. The molecule has 0 aromatic heterocycles. The van der Waals surface area contributed by atoms with E-state index in [0.717, 1.165) is 5.56 Å². The van der Waals surface area contributed by atoms with E-state index in [9.17, 15) is 9.59 Å². The Morgan fingerprint density at radius 1 is 1.41 bits per heavy atom. The SMILES string of the molecule is CCOC(=O)C(C(C)=O)c1ccc(C)cc1Cl. The van der Waals surface area contributed by atoms with Crippen molar-refractivity contribution in [3.8, 4) is 0 Å². The standard InChI is InChI=1S/C13H15ClO3/c1-4-17-13(16)12(9(3)15)10-6-5-8(2)7-11(10)14/h5-7,12H,4H2,1-3H3. The van der Waals surface area contributed by atoms with Gasteiger partial charge in [-0.25, -0.2) is 0 Å². The molecule has 0 aliphatic rings. The second-order valence-corrected chi connectivity index (χ2v) is 4.23. The predicted octanol–water partition coefficient (Wildman–Crippen LogP) is 2.88. The predicted molar refractivity (Wildman–Crippen MR) is 66.2 cm³/mol. The van der Waals surface area contributed by atoms with Gasteiger partial charge < -0.3 is 4.74 Å². The first-order chi connectivity index (χ1) is 7.97. The summed E-state index contributed by atoms with van der Waals surface area (Å²) in [5.41, 5.74) is 1.48. The van der Waals surface area contributed by atoms with Crippen LogP contribution in [0.1, 0.15) is 30.9 Å². The highest BCUT2D eigenvalue weighted by Crippen LogP contribution is 2.27. The topological polar surface area (TPSA) is 43.4 Å². The fourth-order valence-corrected chi connectivity index (χ4v) is 1.95. The quantitative estimate of drug-likeness (QED) is 0.613. The number of benzene rings is 1. The number of carbonyl (C=O) groups is 2. The molecule has 0 fully saturated rings. The van der Waals surface area contributed by atoms with E-state index in [1.165, 1.54) is 6.92 Å². The summed E-state index contributed by atoms with van der Waals surface area (Å²) in [7, 11) is 0. The molecule has 4 heteroatoms. The number of ether oxygens (including phenoxy) is 1. The van der Waals surface area contributed by atoms with Crippen molar-refractivity contribution in [2.24, 2.45) is 0 Å². The number of halogens is 1. The Kier molecular flexibility index (Phi) is 4.70. The van der Waals surface area contributed by atoms with E-state index in [-0.39, 0.29) is 12.4 Å². The number of esters is 1. The summed E-state index contributed by atoms with van der Waals surface area (Å²) in [6.45, 7) is 5.19. The molecule has 17 heavy (non-hydrogen) atoms. The smallest absolute Gasteiger partial charge is 0.321 e. The molecule has 1 aromatic carbocycles. The van der Waals surface area contributed by atoms with Gasteiger partial charge in [-0.1, -0.05) is 23.7 Å². The average Bonchev–Trinajstić information content (AvgIpc) is 2.21. The maximum Gasteiger partial charge on any atom is 0.321 e. The molecule has 0 aliphatic heterocycles. The maximum absolute atomic E-state index is 11.7. The Hall–Kier alpha value is -1.35. The minimum atomic E-state index is -0.928.